The fraction of sp³-hybridized carbons (Fsp3) is 0.429. The number of furan rings is 1. The molecule has 0 saturated carbocycles. The number of carbonyl (C=O) groups is 1. The molecule has 4 nitrogen and oxygen atoms in total. The Hall–Kier alpha value is -1.27. The van der Waals surface area contributed by atoms with Crippen LogP contribution in [0.4, 0.5) is 0 Å². The van der Waals surface area contributed by atoms with E-state index in [9.17, 15) is 4.79 Å². The lowest BCUT2D eigenvalue weighted by Crippen LogP contribution is -2.48. The maximum atomic E-state index is 12.6. The summed E-state index contributed by atoms with van der Waals surface area (Å²) in [5.74, 6) is 1.03. The Balaban J connectivity index is 1.81. The van der Waals surface area contributed by atoms with E-state index in [4.69, 9.17) is 4.42 Å². The zero-order valence-corrected chi connectivity index (χ0v) is 13.0. The Bertz CT molecular complexity index is 594. The van der Waals surface area contributed by atoms with Crippen molar-refractivity contribution >= 4 is 29.0 Å². The van der Waals surface area contributed by atoms with Gasteiger partial charge in [0.05, 0.1) is 6.26 Å². The summed E-state index contributed by atoms with van der Waals surface area (Å²) in [6.45, 7) is 5.08. The second-order valence-electron chi connectivity index (χ2n) is 4.86. The molecule has 0 N–H and O–H groups in total. The van der Waals surface area contributed by atoms with Gasteiger partial charge in [-0.05, 0) is 13.0 Å². The summed E-state index contributed by atoms with van der Waals surface area (Å²) in [6.07, 6.45) is 3.26. The molecule has 20 heavy (non-hydrogen) atoms. The molecule has 0 aliphatic carbocycles. The molecule has 1 saturated heterocycles. The summed E-state index contributed by atoms with van der Waals surface area (Å²) in [5, 5.41) is 3.14. The monoisotopic (exact) mass is 308 g/mol. The van der Waals surface area contributed by atoms with E-state index in [1.165, 1.54) is 11.3 Å². The van der Waals surface area contributed by atoms with Crippen LogP contribution in [-0.2, 0) is 0 Å². The van der Waals surface area contributed by atoms with E-state index in [1.807, 2.05) is 28.1 Å². The maximum absolute atomic E-state index is 12.6. The van der Waals surface area contributed by atoms with E-state index in [0.29, 0.717) is 10.9 Å². The molecule has 106 valence electrons. The van der Waals surface area contributed by atoms with Gasteiger partial charge < -0.3 is 9.32 Å². The molecule has 6 heteroatoms. The number of thiazole rings is 1. The lowest BCUT2D eigenvalue weighted by atomic mass is 10.2. The smallest absolute Gasteiger partial charge is 0.273 e. The zero-order chi connectivity index (χ0) is 14.1. The number of aromatic nitrogens is 1. The zero-order valence-electron chi connectivity index (χ0n) is 11.4. The van der Waals surface area contributed by atoms with E-state index in [0.717, 1.165) is 22.9 Å². The van der Waals surface area contributed by atoms with Crippen LogP contribution in [0.1, 0.15) is 24.3 Å². The normalized spacial score (nSPS) is 23.0. The number of hydrogen-bond donors (Lipinski definition) is 0. The largest absolute Gasteiger partial charge is 0.472 e. The molecular formula is C14H16N2O2S2. The quantitative estimate of drug-likeness (QED) is 0.853. The summed E-state index contributed by atoms with van der Waals surface area (Å²) in [4.78, 5) is 19.0. The fourth-order valence-electron chi connectivity index (χ4n) is 2.26. The fourth-order valence-corrected chi connectivity index (χ4v) is 4.14. The van der Waals surface area contributed by atoms with Gasteiger partial charge in [-0.15, -0.1) is 11.3 Å². The third-order valence-electron chi connectivity index (χ3n) is 3.64. The van der Waals surface area contributed by atoms with Gasteiger partial charge in [-0.3, -0.25) is 4.79 Å². The molecular weight excluding hydrogens is 292 g/mol. The number of carbonyl (C=O) groups excluding carboxylic acids is 1. The number of amides is 1. The van der Waals surface area contributed by atoms with Crippen molar-refractivity contribution < 1.29 is 9.21 Å². The van der Waals surface area contributed by atoms with E-state index < -0.39 is 0 Å². The SMILES string of the molecule is C[C@@H]1[C@@H](C)SCCN1C(=O)c1csc(-c2ccoc2)n1. The van der Waals surface area contributed by atoms with Crippen LogP contribution in [0.2, 0.25) is 0 Å². The Kier molecular flexibility index (Phi) is 3.85. The van der Waals surface area contributed by atoms with Crippen molar-refractivity contribution in [2.75, 3.05) is 12.3 Å². The third-order valence-corrected chi connectivity index (χ3v) is 5.87. The van der Waals surface area contributed by atoms with E-state index in [2.05, 4.69) is 18.8 Å². The summed E-state index contributed by atoms with van der Waals surface area (Å²) in [7, 11) is 0. The number of thioether (sulfide) groups is 1. The summed E-state index contributed by atoms with van der Waals surface area (Å²) in [5.41, 5.74) is 1.46. The lowest BCUT2D eigenvalue weighted by Gasteiger charge is -2.37. The first kappa shape index (κ1) is 13.7. The molecule has 3 rings (SSSR count). The molecule has 3 heterocycles. The molecule has 0 radical (unpaired) electrons. The van der Waals surface area contributed by atoms with E-state index in [1.54, 1.807) is 12.5 Å². The Morgan fingerprint density at radius 1 is 1.50 bits per heavy atom. The van der Waals surface area contributed by atoms with Crippen molar-refractivity contribution in [3.8, 4) is 10.6 Å². The van der Waals surface area contributed by atoms with Crippen LogP contribution >= 0.6 is 23.1 Å². The Morgan fingerprint density at radius 2 is 2.35 bits per heavy atom. The molecule has 0 unspecified atom stereocenters. The number of hydrogen-bond acceptors (Lipinski definition) is 5. The van der Waals surface area contributed by atoms with Gasteiger partial charge in [0.2, 0.25) is 0 Å². The van der Waals surface area contributed by atoms with E-state index in [-0.39, 0.29) is 11.9 Å². The molecule has 1 amide bonds. The van der Waals surface area contributed by atoms with Crippen LogP contribution in [0.15, 0.2) is 28.4 Å². The van der Waals surface area contributed by atoms with Gasteiger partial charge in [0.1, 0.15) is 17.0 Å². The molecule has 1 aliphatic rings. The van der Waals surface area contributed by atoms with Crippen molar-refractivity contribution in [2.45, 2.75) is 25.1 Å². The standard InChI is InChI=1S/C14H16N2O2S2/c1-9-10(2)19-6-4-16(9)14(17)12-8-20-13(15-12)11-3-5-18-7-11/h3,5,7-10H,4,6H2,1-2H3/t9-,10-/m1/s1. The van der Waals surface area contributed by atoms with Crippen molar-refractivity contribution in [2.24, 2.45) is 0 Å². The molecule has 2 aromatic rings. The maximum Gasteiger partial charge on any atom is 0.273 e. The average Bonchev–Trinajstić information content (AvgIpc) is 3.11. The van der Waals surface area contributed by atoms with Crippen molar-refractivity contribution in [3.63, 3.8) is 0 Å². The van der Waals surface area contributed by atoms with Crippen LogP contribution in [0.3, 0.4) is 0 Å². The molecule has 1 aliphatic heterocycles. The van der Waals surface area contributed by atoms with Gasteiger partial charge in [0, 0.05) is 34.5 Å². The van der Waals surface area contributed by atoms with Crippen molar-refractivity contribution in [3.05, 3.63) is 29.7 Å². The minimum absolute atomic E-state index is 0.0376. The molecule has 2 atom stereocenters. The van der Waals surface area contributed by atoms with Crippen LogP contribution in [-0.4, -0.2) is 39.4 Å². The third kappa shape index (κ3) is 2.50. The van der Waals surface area contributed by atoms with Gasteiger partial charge in [0.15, 0.2) is 0 Å². The van der Waals surface area contributed by atoms with Crippen LogP contribution in [0, 0.1) is 0 Å². The van der Waals surface area contributed by atoms with E-state index >= 15 is 0 Å². The topological polar surface area (TPSA) is 46.3 Å². The molecule has 0 spiro atoms. The van der Waals surface area contributed by atoms with Crippen LogP contribution < -0.4 is 0 Å². The second kappa shape index (κ2) is 5.61. The first-order valence-electron chi connectivity index (χ1n) is 6.57. The molecule has 0 bridgehead atoms. The predicted molar refractivity (Wildman–Crippen MR) is 82.2 cm³/mol. The lowest BCUT2D eigenvalue weighted by molar-refractivity contribution is 0.0693. The summed E-state index contributed by atoms with van der Waals surface area (Å²) < 4.78 is 5.05. The Labute approximate surface area is 126 Å². The predicted octanol–water partition coefficient (Wildman–Crippen LogP) is 3.37. The van der Waals surface area contributed by atoms with Crippen LogP contribution in [0.5, 0.6) is 0 Å². The highest BCUT2D eigenvalue weighted by Crippen LogP contribution is 2.28. The summed E-state index contributed by atoms with van der Waals surface area (Å²) in [6, 6.07) is 2.11. The Morgan fingerprint density at radius 3 is 3.10 bits per heavy atom. The second-order valence-corrected chi connectivity index (χ2v) is 7.21. The number of nitrogens with zero attached hydrogens (tertiary/aromatic N) is 2. The van der Waals surface area contributed by atoms with Crippen LogP contribution in [0.25, 0.3) is 10.6 Å². The highest BCUT2D eigenvalue weighted by atomic mass is 32.2. The molecule has 0 aromatic carbocycles. The highest BCUT2D eigenvalue weighted by Gasteiger charge is 2.30. The minimum Gasteiger partial charge on any atom is -0.472 e. The minimum atomic E-state index is 0.0376. The van der Waals surface area contributed by atoms with Gasteiger partial charge >= 0.3 is 0 Å². The van der Waals surface area contributed by atoms with Gasteiger partial charge in [-0.1, -0.05) is 6.92 Å². The highest BCUT2D eigenvalue weighted by molar-refractivity contribution is 8.00. The van der Waals surface area contributed by atoms with Gasteiger partial charge in [-0.2, -0.15) is 11.8 Å². The molecule has 1 fully saturated rings. The van der Waals surface area contributed by atoms with Gasteiger partial charge in [-0.25, -0.2) is 4.98 Å². The average molecular weight is 308 g/mol. The van der Waals surface area contributed by atoms with Gasteiger partial charge in [0.25, 0.3) is 5.91 Å². The molecule has 2 aromatic heterocycles. The first-order valence-corrected chi connectivity index (χ1v) is 8.50. The first-order chi connectivity index (χ1) is 9.66. The summed E-state index contributed by atoms with van der Waals surface area (Å²) >= 11 is 3.40. The van der Waals surface area contributed by atoms with Crippen molar-refractivity contribution in [1.82, 2.24) is 9.88 Å². The number of rotatable bonds is 2. The van der Waals surface area contributed by atoms with Crippen molar-refractivity contribution in [1.29, 1.82) is 0 Å².